The predicted molar refractivity (Wildman–Crippen MR) is 99.9 cm³/mol. The van der Waals surface area contributed by atoms with Gasteiger partial charge in [0.25, 0.3) is 5.91 Å². The molecule has 26 heavy (non-hydrogen) atoms. The lowest BCUT2D eigenvalue weighted by molar-refractivity contribution is 0.0990. The van der Waals surface area contributed by atoms with Gasteiger partial charge in [0.15, 0.2) is 0 Å². The van der Waals surface area contributed by atoms with Crippen molar-refractivity contribution >= 4 is 22.5 Å². The van der Waals surface area contributed by atoms with E-state index in [0.29, 0.717) is 5.92 Å². The second-order valence-electron chi connectivity index (χ2n) is 6.79. The number of H-pyrrole nitrogens is 1. The molecular formula is C20H21N3O3. The Morgan fingerprint density at radius 3 is 2.69 bits per heavy atom. The van der Waals surface area contributed by atoms with Gasteiger partial charge < -0.3 is 14.7 Å². The maximum Gasteiger partial charge on any atom is 0.261 e. The second kappa shape index (κ2) is 6.37. The number of hydrogen-bond acceptors (Lipinski definition) is 4. The highest BCUT2D eigenvalue weighted by Gasteiger charge is 2.25. The molecule has 4 rings (SSSR count). The zero-order valence-electron chi connectivity index (χ0n) is 14.8. The number of aromatic amines is 1. The molecule has 6 nitrogen and oxygen atoms in total. The zero-order valence-corrected chi connectivity index (χ0v) is 14.8. The highest BCUT2D eigenvalue weighted by Crippen LogP contribution is 2.35. The topological polar surface area (TPSA) is 78.5 Å². The molecule has 1 fully saturated rings. The van der Waals surface area contributed by atoms with Gasteiger partial charge in [-0.15, -0.1) is 0 Å². The first kappa shape index (κ1) is 16.4. The van der Waals surface area contributed by atoms with Crippen LogP contribution in [0.25, 0.3) is 10.9 Å². The minimum absolute atomic E-state index is 0.0514. The first-order valence-electron chi connectivity index (χ1n) is 8.69. The van der Waals surface area contributed by atoms with Crippen LogP contribution >= 0.6 is 0 Å². The monoisotopic (exact) mass is 351 g/mol. The van der Waals surface area contributed by atoms with Crippen LogP contribution in [0.2, 0.25) is 0 Å². The van der Waals surface area contributed by atoms with Crippen molar-refractivity contribution in [2.24, 2.45) is 5.92 Å². The van der Waals surface area contributed by atoms with Gasteiger partial charge >= 0.3 is 0 Å². The average Bonchev–Trinajstić information content (AvgIpc) is 3.40. The molecule has 1 aliphatic carbocycles. The van der Waals surface area contributed by atoms with Crippen LogP contribution in [0.1, 0.15) is 28.9 Å². The third-order valence-corrected chi connectivity index (χ3v) is 4.93. The van der Waals surface area contributed by atoms with Crippen molar-refractivity contribution in [2.45, 2.75) is 19.3 Å². The number of phenols is 1. The number of aromatic hydroxyl groups is 1. The lowest BCUT2D eigenvalue weighted by atomic mass is 10.1. The predicted octanol–water partition coefficient (Wildman–Crippen LogP) is 3.51. The van der Waals surface area contributed by atoms with Gasteiger partial charge in [-0.25, -0.2) is 0 Å². The molecule has 3 aromatic rings. The van der Waals surface area contributed by atoms with Gasteiger partial charge in [-0.3, -0.25) is 9.89 Å². The molecule has 1 heterocycles. The Labute approximate surface area is 151 Å². The number of carbonyl (C=O) groups is 1. The SMILES string of the molecule is COc1ccc(N(C)C(=O)c2cc3c(CC4CC4)n[nH]c3cc2O)cc1. The van der Waals surface area contributed by atoms with Crippen molar-refractivity contribution in [1.29, 1.82) is 0 Å². The number of fused-ring (bicyclic) bond motifs is 1. The number of ether oxygens (including phenoxy) is 1. The van der Waals surface area contributed by atoms with Crippen molar-refractivity contribution in [3.63, 3.8) is 0 Å². The summed E-state index contributed by atoms with van der Waals surface area (Å²) >= 11 is 0. The molecule has 134 valence electrons. The van der Waals surface area contributed by atoms with Crippen LogP contribution in [0.3, 0.4) is 0 Å². The molecule has 0 atom stereocenters. The highest BCUT2D eigenvalue weighted by molar-refractivity contribution is 6.09. The molecule has 0 bridgehead atoms. The van der Waals surface area contributed by atoms with Crippen molar-refractivity contribution in [3.8, 4) is 11.5 Å². The Balaban J connectivity index is 1.67. The van der Waals surface area contributed by atoms with Crippen molar-refractivity contribution < 1.29 is 14.6 Å². The van der Waals surface area contributed by atoms with E-state index >= 15 is 0 Å². The van der Waals surface area contributed by atoms with Gasteiger partial charge in [0.05, 0.1) is 23.9 Å². The summed E-state index contributed by atoms with van der Waals surface area (Å²) in [7, 11) is 3.29. The minimum Gasteiger partial charge on any atom is -0.507 e. The first-order chi connectivity index (χ1) is 12.6. The first-order valence-corrected chi connectivity index (χ1v) is 8.69. The number of carbonyl (C=O) groups excluding carboxylic acids is 1. The quantitative estimate of drug-likeness (QED) is 0.737. The van der Waals surface area contributed by atoms with Gasteiger partial charge in [-0.1, -0.05) is 0 Å². The fourth-order valence-electron chi connectivity index (χ4n) is 3.13. The van der Waals surface area contributed by atoms with E-state index in [0.717, 1.165) is 34.5 Å². The average molecular weight is 351 g/mol. The Hall–Kier alpha value is -3.02. The van der Waals surface area contributed by atoms with E-state index in [1.54, 1.807) is 38.4 Å². The van der Waals surface area contributed by atoms with Gasteiger partial charge in [0.2, 0.25) is 0 Å². The summed E-state index contributed by atoms with van der Waals surface area (Å²) in [5.74, 6) is 1.09. The van der Waals surface area contributed by atoms with Gasteiger partial charge in [-0.2, -0.15) is 5.10 Å². The van der Waals surface area contributed by atoms with E-state index in [-0.39, 0.29) is 17.2 Å². The molecule has 1 amide bonds. The van der Waals surface area contributed by atoms with Crippen molar-refractivity contribution in [1.82, 2.24) is 10.2 Å². The van der Waals surface area contributed by atoms with Gasteiger partial charge in [0, 0.05) is 24.2 Å². The van der Waals surface area contributed by atoms with E-state index < -0.39 is 0 Å². The number of nitrogens with zero attached hydrogens (tertiary/aromatic N) is 2. The zero-order chi connectivity index (χ0) is 18.3. The van der Waals surface area contributed by atoms with Crippen molar-refractivity contribution in [3.05, 3.63) is 47.7 Å². The normalized spacial score (nSPS) is 13.8. The van der Waals surface area contributed by atoms with Crippen LogP contribution in [0.5, 0.6) is 11.5 Å². The van der Waals surface area contributed by atoms with Crippen LogP contribution in [-0.4, -0.2) is 35.4 Å². The van der Waals surface area contributed by atoms with Crippen LogP contribution in [0.4, 0.5) is 5.69 Å². The van der Waals surface area contributed by atoms with Gasteiger partial charge in [0.1, 0.15) is 11.5 Å². The fourth-order valence-corrected chi connectivity index (χ4v) is 3.13. The smallest absolute Gasteiger partial charge is 0.261 e. The molecule has 6 heteroatoms. The van der Waals surface area contributed by atoms with E-state index in [1.165, 1.54) is 17.7 Å². The molecule has 0 saturated heterocycles. The molecule has 0 spiro atoms. The maximum atomic E-state index is 12.9. The Kier molecular flexibility index (Phi) is 4.03. The fraction of sp³-hybridized carbons (Fsp3) is 0.300. The second-order valence-corrected chi connectivity index (χ2v) is 6.79. The number of benzene rings is 2. The van der Waals surface area contributed by atoms with E-state index in [1.807, 2.05) is 12.1 Å². The van der Waals surface area contributed by atoms with Gasteiger partial charge in [-0.05, 0) is 55.5 Å². The Morgan fingerprint density at radius 1 is 1.31 bits per heavy atom. The number of rotatable bonds is 5. The summed E-state index contributed by atoms with van der Waals surface area (Å²) < 4.78 is 5.15. The molecule has 1 saturated carbocycles. The summed E-state index contributed by atoms with van der Waals surface area (Å²) in [6.07, 6.45) is 3.38. The Bertz CT molecular complexity index is 958. The summed E-state index contributed by atoms with van der Waals surface area (Å²) in [4.78, 5) is 14.5. The number of hydrogen-bond donors (Lipinski definition) is 2. The standard InChI is InChI=1S/C20H21N3O3/c1-23(13-5-7-14(26-2)8-6-13)20(25)16-10-15-17(9-12-3-4-12)21-22-18(15)11-19(16)24/h5-8,10-12,24H,3-4,9H2,1-2H3,(H,21,22). The third kappa shape index (κ3) is 2.98. The Morgan fingerprint density at radius 2 is 2.04 bits per heavy atom. The number of amides is 1. The highest BCUT2D eigenvalue weighted by atomic mass is 16.5. The molecule has 1 aromatic heterocycles. The number of phenolic OH excluding ortho intramolecular Hbond substituents is 1. The maximum absolute atomic E-state index is 12.9. The molecule has 0 radical (unpaired) electrons. The number of anilines is 1. The summed E-state index contributed by atoms with van der Waals surface area (Å²) in [5.41, 5.74) is 2.71. The van der Waals surface area contributed by atoms with E-state index in [9.17, 15) is 9.90 Å². The van der Waals surface area contributed by atoms with E-state index in [2.05, 4.69) is 10.2 Å². The molecule has 2 aromatic carbocycles. The molecule has 1 aliphatic rings. The largest absolute Gasteiger partial charge is 0.507 e. The molecular weight excluding hydrogens is 330 g/mol. The van der Waals surface area contributed by atoms with Crippen LogP contribution in [0, 0.1) is 5.92 Å². The summed E-state index contributed by atoms with van der Waals surface area (Å²) in [6, 6.07) is 10.5. The van der Waals surface area contributed by atoms with Crippen LogP contribution in [0.15, 0.2) is 36.4 Å². The summed E-state index contributed by atoms with van der Waals surface area (Å²) in [5, 5.41) is 18.6. The molecule has 0 unspecified atom stereocenters. The lowest BCUT2D eigenvalue weighted by Crippen LogP contribution is -2.26. The van der Waals surface area contributed by atoms with E-state index in [4.69, 9.17) is 4.74 Å². The number of methoxy groups -OCH3 is 1. The van der Waals surface area contributed by atoms with Crippen molar-refractivity contribution in [2.75, 3.05) is 19.1 Å². The lowest BCUT2D eigenvalue weighted by Gasteiger charge is -2.18. The number of nitrogens with one attached hydrogen (secondary N) is 1. The third-order valence-electron chi connectivity index (χ3n) is 4.93. The molecule has 0 aliphatic heterocycles. The molecule has 2 N–H and O–H groups in total. The minimum atomic E-state index is -0.270. The number of aromatic nitrogens is 2. The summed E-state index contributed by atoms with van der Waals surface area (Å²) in [6.45, 7) is 0. The van der Waals surface area contributed by atoms with Crippen LogP contribution in [-0.2, 0) is 6.42 Å². The van der Waals surface area contributed by atoms with Crippen LogP contribution < -0.4 is 9.64 Å².